The van der Waals surface area contributed by atoms with Crippen LogP contribution in [0, 0.1) is 5.92 Å². The van der Waals surface area contributed by atoms with E-state index in [-0.39, 0.29) is 29.8 Å². The Kier molecular flexibility index (Phi) is 3.98. The summed E-state index contributed by atoms with van der Waals surface area (Å²) in [6, 6.07) is 0.0645. The third-order valence-corrected chi connectivity index (χ3v) is 5.03. The summed E-state index contributed by atoms with van der Waals surface area (Å²) in [4.78, 5) is 12.8. The minimum absolute atomic E-state index is 0.0195. The Labute approximate surface area is 153 Å². The van der Waals surface area contributed by atoms with Gasteiger partial charge in [0, 0.05) is 5.92 Å². The maximum absolute atomic E-state index is 6.25. The molecule has 1 saturated carbocycles. The van der Waals surface area contributed by atoms with Gasteiger partial charge < -0.3 is 24.5 Å². The molecule has 0 unspecified atom stereocenters. The van der Waals surface area contributed by atoms with E-state index < -0.39 is 5.79 Å². The summed E-state index contributed by atoms with van der Waals surface area (Å²) in [6.45, 7) is 10.7. The average Bonchev–Trinajstić information content (AvgIpc) is 3.16. The first-order valence-electron chi connectivity index (χ1n) is 9.07. The van der Waals surface area contributed by atoms with Crippen molar-refractivity contribution < 1.29 is 14.2 Å². The summed E-state index contributed by atoms with van der Waals surface area (Å²) >= 11 is 0. The molecule has 2 aromatic heterocycles. The maximum atomic E-state index is 6.25. The van der Waals surface area contributed by atoms with Gasteiger partial charge in [-0.2, -0.15) is 0 Å². The van der Waals surface area contributed by atoms with E-state index in [0.29, 0.717) is 17.9 Å². The van der Waals surface area contributed by atoms with Crippen molar-refractivity contribution in [1.29, 1.82) is 0 Å². The fourth-order valence-corrected chi connectivity index (χ4v) is 3.96. The SMILES string of the molecule is CC(C)(C)OC[C@@H]1C[C@H](n2cnc3c(N)ncnc32)[C@H]2OC(C)(C)O[C@@H]12. The van der Waals surface area contributed by atoms with Crippen molar-refractivity contribution in [3.05, 3.63) is 12.7 Å². The Balaban J connectivity index is 1.66. The van der Waals surface area contributed by atoms with Crippen molar-refractivity contribution in [3.63, 3.8) is 0 Å². The van der Waals surface area contributed by atoms with Gasteiger partial charge in [-0.1, -0.05) is 0 Å². The summed E-state index contributed by atoms with van der Waals surface area (Å²) < 4.78 is 20.6. The van der Waals surface area contributed by atoms with Gasteiger partial charge in [0.1, 0.15) is 17.9 Å². The largest absolute Gasteiger partial charge is 0.382 e. The molecule has 1 aliphatic carbocycles. The van der Waals surface area contributed by atoms with Gasteiger partial charge in [-0.25, -0.2) is 15.0 Å². The zero-order chi connectivity index (χ0) is 18.7. The highest BCUT2D eigenvalue weighted by Gasteiger charge is 2.55. The van der Waals surface area contributed by atoms with Crippen LogP contribution in [0.2, 0.25) is 0 Å². The number of hydrogen-bond acceptors (Lipinski definition) is 7. The molecule has 1 saturated heterocycles. The molecule has 2 fully saturated rings. The molecule has 8 nitrogen and oxygen atoms in total. The number of nitrogen functional groups attached to an aromatic ring is 1. The van der Waals surface area contributed by atoms with Crippen molar-refractivity contribution in [2.24, 2.45) is 5.92 Å². The lowest BCUT2D eigenvalue weighted by atomic mass is 10.1. The fraction of sp³-hybridized carbons (Fsp3) is 0.722. The van der Waals surface area contributed by atoms with E-state index in [4.69, 9.17) is 19.9 Å². The molecule has 0 radical (unpaired) electrons. The van der Waals surface area contributed by atoms with Crippen molar-refractivity contribution in [3.8, 4) is 0 Å². The Morgan fingerprint density at radius 2 is 1.96 bits per heavy atom. The van der Waals surface area contributed by atoms with Crippen LogP contribution >= 0.6 is 0 Å². The quantitative estimate of drug-likeness (QED) is 0.896. The number of nitrogens with two attached hydrogens (primary N) is 1. The second-order valence-corrected chi connectivity index (χ2v) is 8.63. The van der Waals surface area contributed by atoms with Crippen LogP contribution in [-0.2, 0) is 14.2 Å². The average molecular weight is 361 g/mol. The summed E-state index contributed by atoms with van der Waals surface area (Å²) in [7, 11) is 0. The normalized spacial score (nSPS) is 30.8. The van der Waals surface area contributed by atoms with Crippen LogP contribution in [0.4, 0.5) is 5.82 Å². The number of ether oxygens (including phenoxy) is 3. The molecule has 4 atom stereocenters. The number of anilines is 1. The van der Waals surface area contributed by atoms with Gasteiger partial charge in [-0.15, -0.1) is 0 Å². The van der Waals surface area contributed by atoms with Gasteiger partial charge in [-0.05, 0) is 41.0 Å². The minimum Gasteiger partial charge on any atom is -0.382 e. The smallest absolute Gasteiger partial charge is 0.165 e. The first-order valence-corrected chi connectivity index (χ1v) is 9.07. The molecule has 0 aromatic carbocycles. The highest BCUT2D eigenvalue weighted by Crippen LogP contribution is 2.47. The number of imidazole rings is 1. The Hall–Kier alpha value is -1.77. The van der Waals surface area contributed by atoms with Crippen LogP contribution in [-0.4, -0.2) is 49.7 Å². The van der Waals surface area contributed by atoms with E-state index in [1.165, 1.54) is 6.33 Å². The van der Waals surface area contributed by atoms with Gasteiger partial charge >= 0.3 is 0 Å². The number of hydrogen-bond donors (Lipinski definition) is 1. The Morgan fingerprint density at radius 3 is 2.69 bits per heavy atom. The molecule has 1 aliphatic heterocycles. The molecule has 0 bridgehead atoms. The van der Waals surface area contributed by atoms with Crippen molar-refractivity contribution in [2.45, 2.75) is 70.7 Å². The van der Waals surface area contributed by atoms with Gasteiger partial charge in [0.2, 0.25) is 0 Å². The van der Waals surface area contributed by atoms with E-state index in [2.05, 4.69) is 35.7 Å². The molecular formula is C18H27N5O3. The summed E-state index contributed by atoms with van der Waals surface area (Å²) in [5.74, 6) is 0.0146. The lowest BCUT2D eigenvalue weighted by molar-refractivity contribution is -0.164. The van der Waals surface area contributed by atoms with Crippen LogP contribution in [0.5, 0.6) is 0 Å². The van der Waals surface area contributed by atoms with E-state index in [1.807, 2.05) is 18.4 Å². The third kappa shape index (κ3) is 3.06. The van der Waals surface area contributed by atoms with Crippen LogP contribution in [0.25, 0.3) is 11.2 Å². The lowest BCUT2D eigenvalue weighted by Crippen LogP contribution is -2.31. The van der Waals surface area contributed by atoms with E-state index in [0.717, 1.165) is 12.1 Å². The van der Waals surface area contributed by atoms with Crippen LogP contribution in [0.3, 0.4) is 0 Å². The second kappa shape index (κ2) is 5.87. The summed E-state index contributed by atoms with van der Waals surface area (Å²) in [5.41, 5.74) is 7.10. The first-order chi connectivity index (χ1) is 12.1. The Bertz CT molecular complexity index is 813. The third-order valence-electron chi connectivity index (χ3n) is 5.03. The van der Waals surface area contributed by atoms with Crippen molar-refractivity contribution in [1.82, 2.24) is 19.5 Å². The highest BCUT2D eigenvalue weighted by atomic mass is 16.8. The summed E-state index contributed by atoms with van der Waals surface area (Å²) in [6.07, 6.45) is 4.02. The standard InChI is InChI=1S/C18H27N5O3/c1-17(2,3)24-7-10-6-11(14-13(10)25-18(4,5)26-14)23-9-22-12-15(19)20-8-21-16(12)23/h8-11,13-14H,6-7H2,1-5H3,(H2,19,20,21)/t10-,11-,13-,14+/m0/s1. The summed E-state index contributed by atoms with van der Waals surface area (Å²) in [5, 5.41) is 0. The van der Waals surface area contributed by atoms with E-state index in [9.17, 15) is 0 Å². The molecule has 4 rings (SSSR count). The monoisotopic (exact) mass is 361 g/mol. The zero-order valence-electron chi connectivity index (χ0n) is 16.0. The fourth-order valence-electron chi connectivity index (χ4n) is 3.96. The van der Waals surface area contributed by atoms with Crippen LogP contribution in [0.15, 0.2) is 12.7 Å². The van der Waals surface area contributed by atoms with Crippen molar-refractivity contribution in [2.75, 3.05) is 12.3 Å². The van der Waals surface area contributed by atoms with Gasteiger partial charge in [-0.3, -0.25) is 0 Å². The maximum Gasteiger partial charge on any atom is 0.165 e. The van der Waals surface area contributed by atoms with Gasteiger partial charge in [0.05, 0.1) is 30.7 Å². The predicted octanol–water partition coefficient (Wildman–Crippen LogP) is 2.30. The zero-order valence-corrected chi connectivity index (χ0v) is 16.0. The van der Waals surface area contributed by atoms with E-state index >= 15 is 0 Å². The molecule has 0 spiro atoms. The molecule has 2 aliphatic rings. The molecule has 0 amide bonds. The van der Waals surface area contributed by atoms with Gasteiger partial charge in [0.15, 0.2) is 17.3 Å². The molecular weight excluding hydrogens is 334 g/mol. The lowest BCUT2D eigenvalue weighted by Gasteiger charge is -2.26. The number of rotatable bonds is 3. The molecule has 26 heavy (non-hydrogen) atoms. The molecule has 142 valence electrons. The molecule has 8 heteroatoms. The van der Waals surface area contributed by atoms with Gasteiger partial charge in [0.25, 0.3) is 0 Å². The van der Waals surface area contributed by atoms with Crippen LogP contribution < -0.4 is 5.73 Å². The van der Waals surface area contributed by atoms with E-state index in [1.54, 1.807) is 6.33 Å². The molecule has 2 N–H and O–H groups in total. The van der Waals surface area contributed by atoms with Crippen LogP contribution in [0.1, 0.15) is 47.1 Å². The first kappa shape index (κ1) is 17.6. The number of aromatic nitrogens is 4. The predicted molar refractivity (Wildman–Crippen MR) is 96.4 cm³/mol. The topological polar surface area (TPSA) is 97.3 Å². The second-order valence-electron chi connectivity index (χ2n) is 8.63. The highest BCUT2D eigenvalue weighted by molar-refractivity contribution is 5.81. The molecule has 2 aromatic rings. The number of nitrogens with zero attached hydrogens (tertiary/aromatic N) is 4. The molecule has 3 heterocycles. The minimum atomic E-state index is -0.613. The van der Waals surface area contributed by atoms with Crippen molar-refractivity contribution >= 4 is 17.0 Å². The number of fused-ring (bicyclic) bond motifs is 2. The Morgan fingerprint density at radius 1 is 1.23 bits per heavy atom.